The van der Waals surface area contributed by atoms with E-state index < -0.39 is 46.7 Å². The molecule has 0 aromatic rings. The molecule has 0 spiro atoms. The number of allylic oxidation sites excluding steroid dienone is 1. The highest BCUT2D eigenvalue weighted by molar-refractivity contribution is 5.91. The molecule has 5 rings (SSSR count). The van der Waals surface area contributed by atoms with E-state index in [1.165, 1.54) is 0 Å². The summed E-state index contributed by atoms with van der Waals surface area (Å²) in [5.74, 6) is 0.0313. The summed E-state index contributed by atoms with van der Waals surface area (Å²) in [6.07, 6.45) is 8.19. The average Bonchev–Trinajstić information content (AvgIpc) is 3.48. The minimum absolute atomic E-state index is 0.00179. The molecular weight excluding hydrogens is 534 g/mol. The lowest BCUT2D eigenvalue weighted by Crippen LogP contribution is -2.64. The molecule has 3 saturated carbocycles. The minimum Gasteiger partial charge on any atom is -0.427 e. The Morgan fingerprint density at radius 2 is 1.90 bits per heavy atom. The molecule has 1 saturated heterocycles. The van der Waals surface area contributed by atoms with Crippen molar-refractivity contribution in [2.75, 3.05) is 33.0 Å². The fourth-order valence-electron chi connectivity index (χ4n) is 9.73. The van der Waals surface area contributed by atoms with E-state index >= 15 is 0 Å². The van der Waals surface area contributed by atoms with Crippen molar-refractivity contribution in [3.05, 3.63) is 24.3 Å². The molecule has 0 aromatic heterocycles. The summed E-state index contributed by atoms with van der Waals surface area (Å²) in [6, 6.07) is 0. The van der Waals surface area contributed by atoms with E-state index in [2.05, 4.69) is 38.3 Å². The smallest absolute Gasteiger partial charge is 0.320 e. The van der Waals surface area contributed by atoms with Gasteiger partial charge in [0.1, 0.15) is 11.7 Å². The van der Waals surface area contributed by atoms with Gasteiger partial charge in [-0.25, -0.2) is 0 Å². The average molecular weight is 586 g/mol. The molecular formula is C34H51NO7. The van der Waals surface area contributed by atoms with Crippen molar-refractivity contribution in [2.45, 2.75) is 86.5 Å². The van der Waals surface area contributed by atoms with Gasteiger partial charge in [0.15, 0.2) is 6.29 Å². The second-order valence-electron chi connectivity index (χ2n) is 15.1. The molecule has 0 amide bonds. The quantitative estimate of drug-likeness (QED) is 0.150. The van der Waals surface area contributed by atoms with Gasteiger partial charge in [-0.05, 0) is 76.5 Å². The van der Waals surface area contributed by atoms with Crippen LogP contribution in [0, 0.1) is 51.2 Å². The molecule has 4 bridgehead atoms. The van der Waals surface area contributed by atoms with Crippen LogP contribution in [0.2, 0.25) is 0 Å². The number of carbonyl (C=O) groups is 3. The second kappa shape index (κ2) is 11.2. The van der Waals surface area contributed by atoms with E-state index in [0.29, 0.717) is 31.4 Å². The summed E-state index contributed by atoms with van der Waals surface area (Å²) < 4.78 is 24.3. The van der Waals surface area contributed by atoms with Crippen LogP contribution in [0.4, 0.5) is 0 Å². The number of aldehydes is 1. The number of fused-ring (bicyclic) bond motifs is 2. The van der Waals surface area contributed by atoms with Gasteiger partial charge < -0.3 is 23.7 Å². The zero-order valence-electron chi connectivity index (χ0n) is 26.6. The van der Waals surface area contributed by atoms with Crippen LogP contribution in [-0.2, 0) is 33.3 Å². The van der Waals surface area contributed by atoms with E-state index in [1.54, 1.807) is 20.8 Å². The largest absolute Gasteiger partial charge is 0.427 e. The van der Waals surface area contributed by atoms with Crippen molar-refractivity contribution in [3.63, 3.8) is 0 Å². The van der Waals surface area contributed by atoms with E-state index in [-0.39, 0.29) is 23.9 Å². The number of rotatable bonds is 10. The summed E-state index contributed by atoms with van der Waals surface area (Å²) in [5.41, 5.74) is -2.46. The van der Waals surface area contributed by atoms with Crippen LogP contribution in [0.1, 0.15) is 74.1 Å². The third-order valence-electron chi connectivity index (χ3n) is 11.3. The fraction of sp³-hybridized carbons (Fsp3) is 0.794. The third kappa shape index (κ3) is 4.54. The molecule has 234 valence electrons. The Morgan fingerprint density at radius 3 is 2.55 bits per heavy atom. The maximum Gasteiger partial charge on any atom is 0.320 e. The maximum atomic E-state index is 14.7. The molecule has 1 aliphatic heterocycles. The molecule has 5 aliphatic rings. The number of ether oxygens (including phenoxy) is 4. The molecule has 0 aromatic carbocycles. The number of morpholine rings is 1. The first-order valence-corrected chi connectivity index (χ1v) is 15.9. The summed E-state index contributed by atoms with van der Waals surface area (Å²) in [6.45, 7) is 19.7. The first-order valence-electron chi connectivity index (χ1n) is 15.9. The third-order valence-corrected chi connectivity index (χ3v) is 11.3. The number of carbonyl (C=O) groups excluding carboxylic acids is 3. The first-order chi connectivity index (χ1) is 19.8. The topological polar surface area (TPSA) is 91.4 Å². The van der Waals surface area contributed by atoms with Crippen molar-refractivity contribution >= 4 is 18.2 Å². The molecule has 8 nitrogen and oxygen atoms in total. The van der Waals surface area contributed by atoms with Gasteiger partial charge >= 0.3 is 11.9 Å². The number of nitrogens with zero attached hydrogens (tertiary/aromatic N) is 1. The highest BCUT2D eigenvalue weighted by atomic mass is 16.7. The normalized spacial score (nSPS) is 40.9. The Balaban J connectivity index is 1.54. The van der Waals surface area contributed by atoms with Crippen LogP contribution in [-0.4, -0.2) is 68.6 Å². The van der Waals surface area contributed by atoms with E-state index in [4.69, 9.17) is 18.9 Å². The molecule has 4 aliphatic carbocycles. The van der Waals surface area contributed by atoms with E-state index in [9.17, 15) is 14.4 Å². The Kier molecular flexibility index (Phi) is 8.34. The molecule has 1 heterocycles. The molecule has 0 radical (unpaired) electrons. The van der Waals surface area contributed by atoms with Gasteiger partial charge in [-0.15, -0.1) is 6.58 Å². The highest BCUT2D eigenvalue weighted by Crippen LogP contribution is 2.82. The molecule has 8 heteroatoms. The van der Waals surface area contributed by atoms with Gasteiger partial charge in [0.25, 0.3) is 0 Å². The van der Waals surface area contributed by atoms with E-state index in [1.807, 2.05) is 13.0 Å². The first kappa shape index (κ1) is 31.4. The van der Waals surface area contributed by atoms with Crippen molar-refractivity contribution in [3.8, 4) is 0 Å². The van der Waals surface area contributed by atoms with Crippen molar-refractivity contribution in [1.29, 1.82) is 0 Å². The lowest BCUT2D eigenvalue weighted by molar-refractivity contribution is -0.238. The molecule has 42 heavy (non-hydrogen) atoms. The summed E-state index contributed by atoms with van der Waals surface area (Å²) in [4.78, 5) is 43.1. The fourth-order valence-corrected chi connectivity index (χ4v) is 9.73. The molecule has 0 N–H and O–H groups in total. The van der Waals surface area contributed by atoms with Gasteiger partial charge in [0, 0.05) is 25.0 Å². The van der Waals surface area contributed by atoms with Gasteiger partial charge in [0.2, 0.25) is 6.79 Å². The van der Waals surface area contributed by atoms with Crippen LogP contribution in [0.5, 0.6) is 0 Å². The van der Waals surface area contributed by atoms with Gasteiger partial charge in [0.05, 0.1) is 23.5 Å². The van der Waals surface area contributed by atoms with Crippen LogP contribution in [0.3, 0.4) is 0 Å². The lowest BCUT2D eigenvalue weighted by atomic mass is 9.43. The number of hydrogen-bond donors (Lipinski definition) is 0. The zero-order chi connectivity index (χ0) is 30.7. The van der Waals surface area contributed by atoms with Crippen LogP contribution < -0.4 is 0 Å². The Hall–Kier alpha value is -2.03. The van der Waals surface area contributed by atoms with Crippen molar-refractivity contribution in [1.82, 2.24) is 4.90 Å². The van der Waals surface area contributed by atoms with Gasteiger partial charge in [-0.1, -0.05) is 44.9 Å². The summed E-state index contributed by atoms with van der Waals surface area (Å²) in [5, 5.41) is 0. The van der Waals surface area contributed by atoms with Crippen LogP contribution in [0.25, 0.3) is 0 Å². The lowest BCUT2D eigenvalue weighted by Gasteiger charge is -2.59. The second-order valence-corrected chi connectivity index (χ2v) is 15.1. The van der Waals surface area contributed by atoms with Gasteiger partial charge in [-0.2, -0.15) is 0 Å². The Morgan fingerprint density at radius 1 is 1.17 bits per heavy atom. The highest BCUT2D eigenvalue weighted by Gasteiger charge is 2.84. The summed E-state index contributed by atoms with van der Waals surface area (Å²) >= 11 is 0. The molecule has 2 unspecified atom stereocenters. The predicted molar refractivity (Wildman–Crippen MR) is 158 cm³/mol. The van der Waals surface area contributed by atoms with Crippen LogP contribution in [0.15, 0.2) is 24.3 Å². The molecule has 9 atom stereocenters. The van der Waals surface area contributed by atoms with Crippen molar-refractivity contribution in [2.24, 2.45) is 51.2 Å². The Labute approximate surface area is 251 Å². The number of esters is 2. The predicted octanol–water partition coefficient (Wildman–Crippen LogP) is 5.17. The van der Waals surface area contributed by atoms with Crippen molar-refractivity contribution < 1.29 is 33.3 Å². The summed E-state index contributed by atoms with van der Waals surface area (Å²) in [7, 11) is 0. The minimum atomic E-state index is -1.18. The maximum absolute atomic E-state index is 14.7. The standard InChI is InChI=1S/C34H51NO7/c1-9-12-35-16-23(5)42-28(17-35)39-19-33-15-25-22(4)10-11-26(25)32(18-36)14-24(33)13-27(21(2)3)34(32,33)30(38)41-20-40-29(37)31(6,7)8/h9,13,18,21-26,28H,1,10-12,14-17,19-20H2,2-8H3/t22-,23-,24+,25-,26-,28-,32?,33?,34+/m1/s1. The number of hydrogen-bond acceptors (Lipinski definition) is 8. The zero-order valence-corrected chi connectivity index (χ0v) is 26.6. The molecule has 4 fully saturated rings. The SMILES string of the molecule is C=CCN1C[C@H](OCC23C[C@@H]4[C@H](C)CC[C@H]4C4(C=O)C[C@@H]2C=C(C(C)C)[C@]43C(=O)OCOC(=O)C(C)(C)C)O[C@H](C)C1. The van der Waals surface area contributed by atoms with Gasteiger partial charge in [-0.3, -0.25) is 14.5 Å². The van der Waals surface area contributed by atoms with E-state index in [0.717, 1.165) is 44.2 Å². The monoisotopic (exact) mass is 585 g/mol. The van der Waals surface area contributed by atoms with Crippen LogP contribution >= 0.6 is 0 Å². The Bertz CT molecular complexity index is 1130.